The van der Waals surface area contributed by atoms with Gasteiger partial charge in [-0.25, -0.2) is 4.98 Å². The summed E-state index contributed by atoms with van der Waals surface area (Å²) in [5, 5.41) is 40.9. The van der Waals surface area contributed by atoms with Gasteiger partial charge in [-0.2, -0.15) is 20.0 Å². The summed E-state index contributed by atoms with van der Waals surface area (Å²) < 4.78 is 1.39. The lowest BCUT2D eigenvalue weighted by molar-refractivity contribution is 0.0512. The largest absolute Gasteiger partial charge is 0.390 e. The zero-order valence-corrected chi connectivity index (χ0v) is 22.6. The van der Waals surface area contributed by atoms with E-state index in [1.807, 2.05) is 0 Å². The number of rotatable bonds is 6. The van der Waals surface area contributed by atoms with Crippen LogP contribution in [-0.4, -0.2) is 110 Å². The Morgan fingerprint density at radius 2 is 1.93 bits per heavy atom. The number of likely N-dealkylation sites (tertiary alicyclic amines) is 1. The maximum atomic E-state index is 13.6. The molecule has 2 atom stereocenters. The van der Waals surface area contributed by atoms with Gasteiger partial charge >= 0.3 is 0 Å². The van der Waals surface area contributed by atoms with Gasteiger partial charge in [0.1, 0.15) is 6.07 Å². The lowest BCUT2D eigenvalue weighted by Crippen LogP contribution is -2.52. The fourth-order valence-corrected chi connectivity index (χ4v) is 5.44. The first-order chi connectivity index (χ1) is 19.3. The highest BCUT2D eigenvalue weighted by molar-refractivity contribution is 6.36. The summed E-state index contributed by atoms with van der Waals surface area (Å²) >= 11 is 6.75. The Hall–Kier alpha value is -4.01. The second kappa shape index (κ2) is 10.5. The Kier molecular flexibility index (Phi) is 6.90. The number of nitrogens with zero attached hydrogens (tertiary/aromatic N) is 9. The van der Waals surface area contributed by atoms with Gasteiger partial charge in [-0.1, -0.05) is 11.6 Å². The van der Waals surface area contributed by atoms with E-state index in [-0.39, 0.29) is 58.0 Å². The van der Waals surface area contributed by atoms with Crippen LogP contribution in [0.15, 0.2) is 18.3 Å². The van der Waals surface area contributed by atoms with Crippen LogP contribution in [-0.2, 0) is 0 Å². The molecule has 3 N–H and O–H groups in total. The molecule has 1 aliphatic carbocycles. The molecule has 3 aromatic rings. The number of halogens is 1. The monoisotopic (exact) mass is 561 g/mol. The number of hydrogen-bond donors (Lipinski definition) is 3. The van der Waals surface area contributed by atoms with Crippen LogP contribution in [0.4, 0.5) is 17.5 Å². The Morgan fingerprint density at radius 3 is 2.62 bits per heavy atom. The number of likely N-dealkylation sites (N-methyl/N-ethyl adjacent to an activating group) is 1. The molecule has 0 spiro atoms. The number of aromatic nitrogens is 4. The maximum Gasteiger partial charge on any atom is 0.255 e. The van der Waals surface area contributed by atoms with Gasteiger partial charge < -0.3 is 25.5 Å². The lowest BCUT2D eigenvalue weighted by atomic mass is 10.1. The van der Waals surface area contributed by atoms with Crippen LogP contribution in [0.5, 0.6) is 0 Å². The van der Waals surface area contributed by atoms with Crippen LogP contribution in [0, 0.1) is 22.7 Å². The molecule has 3 aliphatic rings. The van der Waals surface area contributed by atoms with E-state index >= 15 is 0 Å². The summed E-state index contributed by atoms with van der Waals surface area (Å²) in [5.41, 5.74) is 1.30. The molecular formula is C26H28ClN11O2. The molecular weight excluding hydrogens is 534 g/mol. The fraction of sp³-hybridized carbons (Fsp3) is 0.462. The van der Waals surface area contributed by atoms with Crippen molar-refractivity contribution < 1.29 is 9.90 Å². The zero-order valence-electron chi connectivity index (χ0n) is 21.9. The van der Waals surface area contributed by atoms with Crippen molar-refractivity contribution >= 4 is 40.6 Å². The summed E-state index contributed by atoms with van der Waals surface area (Å²) in [4.78, 5) is 28.5. The lowest BCUT2D eigenvalue weighted by Gasteiger charge is -2.37. The topological polar surface area (TPSA) is 162 Å². The van der Waals surface area contributed by atoms with Gasteiger partial charge in [0.05, 0.1) is 46.2 Å². The Balaban J connectivity index is 1.28. The van der Waals surface area contributed by atoms with Gasteiger partial charge in [0, 0.05) is 45.3 Å². The molecule has 0 bridgehead atoms. The van der Waals surface area contributed by atoms with Crippen LogP contribution < -0.4 is 10.6 Å². The molecule has 2 saturated heterocycles. The predicted molar refractivity (Wildman–Crippen MR) is 146 cm³/mol. The molecule has 1 aromatic carbocycles. The molecule has 1 saturated carbocycles. The van der Waals surface area contributed by atoms with Crippen LogP contribution in [0.3, 0.4) is 0 Å². The predicted octanol–water partition coefficient (Wildman–Crippen LogP) is 1.27. The van der Waals surface area contributed by atoms with Crippen molar-refractivity contribution in [2.45, 2.75) is 31.0 Å². The van der Waals surface area contributed by atoms with Crippen molar-refractivity contribution in [1.29, 1.82) is 10.5 Å². The maximum absolute atomic E-state index is 13.6. The molecule has 14 heteroatoms. The number of β-amino-alcohol motifs (C(OH)–C–C–N with tert-alkyl or cyclic N) is 1. The third-order valence-electron chi connectivity index (χ3n) is 7.63. The third kappa shape index (κ3) is 5.00. The number of carbonyl (C=O) groups is 1. The standard InChI is InChI=1S/C26H28ClN11O2/c1-35-4-6-36(7-5-35)20-13-37(14-21(20)39)25(40)18-8-15(10-28)9-19(22(18)27)32-26-33-23(31-16-2-3-16)24-30-12-17(11-29)38(24)34-26/h8-9,12,16,20-21,39H,2-7,13-14H2,1H3,(H2,31,32,33,34). The van der Waals surface area contributed by atoms with E-state index < -0.39 is 6.10 Å². The molecule has 2 aromatic heterocycles. The number of carbonyl (C=O) groups excluding carboxylic acids is 1. The highest BCUT2D eigenvalue weighted by Gasteiger charge is 2.39. The molecule has 3 fully saturated rings. The number of nitriles is 2. The minimum atomic E-state index is -0.676. The van der Waals surface area contributed by atoms with Crippen molar-refractivity contribution in [2.75, 3.05) is 56.9 Å². The van der Waals surface area contributed by atoms with Crippen molar-refractivity contribution in [3.05, 3.63) is 40.2 Å². The van der Waals surface area contributed by atoms with Crippen molar-refractivity contribution in [3.63, 3.8) is 0 Å². The zero-order chi connectivity index (χ0) is 28.0. The van der Waals surface area contributed by atoms with Crippen molar-refractivity contribution in [1.82, 2.24) is 34.3 Å². The molecule has 1 amide bonds. The number of anilines is 3. The first-order valence-electron chi connectivity index (χ1n) is 13.2. The molecule has 6 rings (SSSR count). The third-order valence-corrected chi connectivity index (χ3v) is 8.03. The molecule has 2 unspecified atom stereocenters. The normalized spacial score (nSPS) is 21.8. The molecule has 2 aliphatic heterocycles. The number of nitrogens with one attached hydrogen (secondary N) is 2. The van der Waals surface area contributed by atoms with Crippen LogP contribution >= 0.6 is 11.6 Å². The number of imidazole rings is 1. The van der Waals surface area contributed by atoms with Gasteiger partial charge in [-0.3, -0.25) is 9.69 Å². The van der Waals surface area contributed by atoms with Gasteiger partial charge in [0.25, 0.3) is 5.91 Å². The first kappa shape index (κ1) is 26.2. The quantitative estimate of drug-likeness (QED) is 0.397. The number of aliphatic hydroxyl groups excluding tert-OH is 1. The Bertz CT molecular complexity index is 1550. The summed E-state index contributed by atoms with van der Waals surface area (Å²) in [6, 6.07) is 7.24. The van der Waals surface area contributed by atoms with E-state index in [1.54, 1.807) is 4.90 Å². The molecule has 0 radical (unpaired) electrons. The molecule has 13 nitrogen and oxygen atoms in total. The highest BCUT2D eigenvalue weighted by atomic mass is 35.5. The minimum Gasteiger partial charge on any atom is -0.390 e. The van der Waals surface area contributed by atoms with Gasteiger partial charge in [0.2, 0.25) is 5.95 Å². The van der Waals surface area contributed by atoms with E-state index in [9.17, 15) is 20.4 Å². The number of fused-ring (bicyclic) bond motifs is 1. The Labute approximate surface area is 235 Å². The number of amides is 1. The molecule has 40 heavy (non-hydrogen) atoms. The number of aliphatic hydroxyl groups is 1. The van der Waals surface area contributed by atoms with Crippen molar-refractivity contribution in [2.24, 2.45) is 0 Å². The van der Waals surface area contributed by atoms with E-state index in [2.05, 4.69) is 54.7 Å². The molecule has 206 valence electrons. The average molecular weight is 562 g/mol. The second-order valence-electron chi connectivity index (χ2n) is 10.5. The average Bonchev–Trinajstić information content (AvgIpc) is 3.53. The van der Waals surface area contributed by atoms with Gasteiger partial charge in [-0.05, 0) is 32.0 Å². The Morgan fingerprint density at radius 1 is 1.15 bits per heavy atom. The van der Waals surface area contributed by atoms with Crippen LogP contribution in [0.1, 0.15) is 34.5 Å². The molecule has 4 heterocycles. The summed E-state index contributed by atoms with van der Waals surface area (Å²) in [7, 11) is 2.07. The number of benzene rings is 1. The van der Waals surface area contributed by atoms with Crippen molar-refractivity contribution in [3.8, 4) is 12.1 Å². The smallest absolute Gasteiger partial charge is 0.255 e. The second-order valence-corrected chi connectivity index (χ2v) is 10.9. The minimum absolute atomic E-state index is 0.105. The SMILES string of the molecule is CN1CCN(C2CN(C(=O)c3cc(C#N)cc(Nc4nc(NC5CC5)c5ncc(C#N)n5n4)c3Cl)CC2O)CC1. The highest BCUT2D eigenvalue weighted by Crippen LogP contribution is 2.33. The van der Waals surface area contributed by atoms with E-state index in [1.165, 1.54) is 22.8 Å². The van der Waals surface area contributed by atoms with Crippen LogP contribution in [0.2, 0.25) is 5.02 Å². The van der Waals surface area contributed by atoms with E-state index in [0.29, 0.717) is 18.0 Å². The van der Waals surface area contributed by atoms with Gasteiger partial charge in [-0.15, -0.1) is 5.10 Å². The van der Waals surface area contributed by atoms with E-state index in [0.717, 1.165) is 39.0 Å². The summed E-state index contributed by atoms with van der Waals surface area (Å²) in [6.45, 7) is 4.01. The number of hydrogen-bond acceptors (Lipinski definition) is 11. The van der Waals surface area contributed by atoms with E-state index in [4.69, 9.17) is 11.6 Å². The number of piperazine rings is 1. The fourth-order valence-electron chi connectivity index (χ4n) is 5.20. The van der Waals surface area contributed by atoms with Gasteiger partial charge in [0.15, 0.2) is 17.2 Å². The van der Waals surface area contributed by atoms with Crippen LogP contribution in [0.25, 0.3) is 5.65 Å². The first-order valence-corrected chi connectivity index (χ1v) is 13.6. The summed E-state index contributed by atoms with van der Waals surface area (Å²) in [5.74, 6) is 0.216. The summed E-state index contributed by atoms with van der Waals surface area (Å²) in [6.07, 6.45) is 2.76.